The van der Waals surface area contributed by atoms with Crippen molar-refractivity contribution < 1.29 is 156 Å². The van der Waals surface area contributed by atoms with E-state index in [0.717, 1.165) is 49.9 Å². The highest BCUT2D eigenvalue weighted by Gasteiger charge is 2.44. The van der Waals surface area contributed by atoms with Crippen LogP contribution in [0.1, 0.15) is 262 Å². The predicted octanol–water partition coefficient (Wildman–Crippen LogP) is 9.09. The molecule has 3 aromatic rings. The number of benzene rings is 2. The van der Waals surface area contributed by atoms with E-state index in [2.05, 4.69) is 53.1 Å². The Morgan fingerprint density at radius 2 is 1.27 bits per heavy atom. The number of rotatable bonds is 72. The minimum atomic E-state index is -4.96. The molecule has 44 nitrogen and oxygen atoms in total. The lowest BCUT2D eigenvalue weighted by molar-refractivity contribution is -0.151. The lowest BCUT2D eigenvalue weighted by atomic mass is 9.74. The van der Waals surface area contributed by atoms with Crippen LogP contribution in [-0.4, -0.2) is 256 Å². The first kappa shape index (κ1) is 129. The first-order chi connectivity index (χ1) is 71.0. The second-order valence-electron chi connectivity index (χ2n) is 37.9. The quantitative estimate of drug-likeness (QED) is 0.00288. The Labute approximate surface area is 884 Å². The zero-order valence-corrected chi connectivity index (χ0v) is 89.9. The van der Waals surface area contributed by atoms with Crippen molar-refractivity contribution in [2.45, 2.75) is 283 Å². The van der Waals surface area contributed by atoms with Crippen molar-refractivity contribution in [1.29, 1.82) is 5.41 Å². The van der Waals surface area contributed by atoms with Gasteiger partial charge in [-0.1, -0.05) is 134 Å². The zero-order chi connectivity index (χ0) is 111. The van der Waals surface area contributed by atoms with Gasteiger partial charge in [-0.25, -0.2) is 41.0 Å². The van der Waals surface area contributed by atoms with Crippen LogP contribution in [0.25, 0.3) is 0 Å². The molecule has 15 atom stereocenters. The Balaban J connectivity index is 1.07. The molecule has 150 heavy (non-hydrogen) atoms. The van der Waals surface area contributed by atoms with Gasteiger partial charge < -0.3 is 92.8 Å². The maximum atomic E-state index is 15.8. The summed E-state index contributed by atoms with van der Waals surface area (Å²) in [7, 11) is -2.54. The maximum absolute atomic E-state index is 15.8. The average Bonchev–Trinajstić information content (AvgIpc) is 0.867. The van der Waals surface area contributed by atoms with E-state index in [1.165, 1.54) is 46.0 Å². The fraction of sp³-hybridized carbons (Fsp3) is 0.663. The Morgan fingerprint density at radius 3 is 1.91 bits per heavy atom. The lowest BCUT2D eigenvalue weighted by Gasteiger charge is -2.36. The monoisotopic (exact) mass is 2220 g/mol. The van der Waals surface area contributed by atoms with Crippen molar-refractivity contribution in [1.82, 2.24) is 47.7 Å². The number of amides is 7. The van der Waals surface area contributed by atoms with Crippen LogP contribution >= 0.6 is 32.9 Å². The van der Waals surface area contributed by atoms with E-state index in [9.17, 15) is 114 Å². The van der Waals surface area contributed by atoms with Gasteiger partial charge in [-0.3, -0.25) is 96.8 Å². The van der Waals surface area contributed by atoms with Crippen molar-refractivity contribution in [3.8, 4) is 5.75 Å². The molecule has 2 saturated carbocycles. The van der Waals surface area contributed by atoms with Crippen molar-refractivity contribution in [3.63, 3.8) is 0 Å². The molecule has 7 amide bonds. The molecule has 5 rings (SSSR count). The van der Waals surface area contributed by atoms with Crippen LogP contribution in [0.15, 0.2) is 34.5 Å². The number of carboxylic acid groups (broad SMARTS) is 3. The number of phenols is 1. The summed E-state index contributed by atoms with van der Waals surface area (Å²) in [4.78, 5) is 230. The van der Waals surface area contributed by atoms with Crippen LogP contribution in [0.2, 0.25) is 0 Å². The number of carbonyl (C=O) groups is 17. The summed E-state index contributed by atoms with van der Waals surface area (Å²) in [6.45, 7) is 12.6. The normalized spacial score (nSPS) is 16.5. The molecule has 1 heterocycles. The van der Waals surface area contributed by atoms with Gasteiger partial charge in [0.2, 0.25) is 29.5 Å². The van der Waals surface area contributed by atoms with E-state index < -0.39 is 291 Å². The first-order valence-electron chi connectivity index (χ1n) is 50.4. The van der Waals surface area contributed by atoms with Gasteiger partial charge >= 0.3 is 35.9 Å². The second kappa shape index (κ2) is 68.1. The molecule has 2 aliphatic carbocycles. The smallest absolute Gasteiger partial charge is 0.426 e. The van der Waals surface area contributed by atoms with Crippen LogP contribution in [0.5, 0.6) is 5.75 Å². The summed E-state index contributed by atoms with van der Waals surface area (Å²) in [5, 5.41) is 67.2. The number of anilines is 2. The largest absolute Gasteiger partial charge is 0.508 e. The first-order valence-corrected chi connectivity index (χ1v) is 56.5. The van der Waals surface area contributed by atoms with Gasteiger partial charge in [0.05, 0.1) is 87.1 Å². The van der Waals surface area contributed by atoms with E-state index in [-0.39, 0.29) is 161 Å². The molecule has 20 N–H and O–H groups in total. The molecular weight excluding hydrogens is 2070 g/mol. The zero-order valence-electron chi connectivity index (χ0n) is 85.8. The van der Waals surface area contributed by atoms with Gasteiger partial charge in [0.25, 0.3) is 17.2 Å². The number of aromatic hydroxyl groups is 1. The van der Waals surface area contributed by atoms with E-state index >= 15 is 18.0 Å². The number of Topliss-reactive ketones (excluding diaryl/α,β-unsaturated/α-hetero) is 5. The van der Waals surface area contributed by atoms with Gasteiger partial charge in [0.15, 0.2) is 50.9 Å². The number of nitrogens with two attached hydrogens (primary N) is 2. The van der Waals surface area contributed by atoms with E-state index in [4.69, 9.17) is 40.6 Å². The van der Waals surface area contributed by atoms with Crippen LogP contribution < -0.4 is 64.3 Å². The number of ether oxygens (including phenoxy) is 5. The third kappa shape index (κ3) is 47.5. The van der Waals surface area contributed by atoms with Gasteiger partial charge in [-0.05, 0) is 112 Å². The fourth-order valence-corrected chi connectivity index (χ4v) is 21.8. The summed E-state index contributed by atoms with van der Waals surface area (Å²) < 4.78 is 124. The molecule has 2 aliphatic rings. The number of carboxylic acids is 3. The van der Waals surface area contributed by atoms with Crippen LogP contribution in [-0.2, 0) is 123 Å². The number of phenolic OH excluding ortho intramolecular Hbond substituents is 1. The van der Waals surface area contributed by atoms with Crippen molar-refractivity contribution >= 4 is 172 Å². The topological polar surface area (TPSA) is 698 Å². The molecule has 2 aromatic carbocycles. The summed E-state index contributed by atoms with van der Waals surface area (Å²) in [6, 6.07) is 0.629. The number of aliphatic carboxylic acids is 3. The molecule has 4 unspecified atom stereocenters. The number of hydrogen-bond acceptors (Lipinski definition) is 33. The summed E-state index contributed by atoms with van der Waals surface area (Å²) in [6.07, 6.45) is -0.0420. The Morgan fingerprint density at radius 1 is 0.640 bits per heavy atom. The maximum Gasteiger partial charge on any atom is 0.426 e. The average molecular weight is 2220 g/mol. The lowest BCUT2D eigenvalue weighted by Crippen LogP contribution is -2.52. The SMILES string of the molecule is CCCC(=O)OCC(C(=O)[C@@H](NC(=O)C1CCCCC1C)[C@@H](C)CC)[C@H](C[C@@H](OC(C)=O)c1nc(C(=O)N[C@@H](Cc2ccc(O)cc2)C[C@H](C)C(=O)NNC(=O)OCCSSCCNC(=O)[C@H](CC(=O)O)CC(=O)[C@@H](N)CCC(=O)[C@H](CC(=O)O)CC(=O)[C@H](CCCNC(=N)N)CC(=O)[C@H](CC(=O)O)NC(=O)CCOCCOCCNC(=O)CCS(=O)(=O)c2c(F)c(F)c(NS(=O)O)c(F)c2NC2CCCCCCC2)cs1)C(C)C. The number of nitrogens with zero attached hydrogens (tertiary/aromatic N) is 1. The van der Waals surface area contributed by atoms with Gasteiger partial charge in [0, 0.05) is 124 Å². The number of thiazole rings is 1. The van der Waals surface area contributed by atoms with Crippen LogP contribution in [0.3, 0.4) is 0 Å². The van der Waals surface area contributed by atoms with E-state index in [1.807, 2.05) is 41.5 Å². The Bertz CT molecular complexity index is 5160. The second-order valence-corrected chi connectivity index (χ2v) is 44.3. The Kier molecular flexibility index (Phi) is 58.7. The number of hydrazine groups is 1. The molecule has 1 aromatic heterocycles. The Hall–Kier alpha value is -11.0. The molecule has 0 bridgehead atoms. The number of carbonyl (C=O) groups excluding carboxylic acids is 14. The number of guanidine groups is 1. The van der Waals surface area contributed by atoms with Gasteiger partial charge in [0.1, 0.15) is 57.6 Å². The highest BCUT2D eigenvalue weighted by atomic mass is 33.1. The van der Waals surface area contributed by atoms with Gasteiger partial charge in [-0.2, -0.15) is 0 Å². The summed E-state index contributed by atoms with van der Waals surface area (Å²) >= 11 is -2.06. The molecule has 0 saturated heterocycles. The highest BCUT2D eigenvalue weighted by molar-refractivity contribution is 8.76. The van der Waals surface area contributed by atoms with Crippen molar-refractivity contribution in [2.75, 3.05) is 86.6 Å². The molecule has 840 valence electrons. The van der Waals surface area contributed by atoms with Crippen LogP contribution in [0, 0.1) is 82.0 Å². The van der Waals surface area contributed by atoms with Crippen molar-refractivity contribution in [3.05, 3.63) is 63.4 Å². The molecule has 0 radical (unpaired) electrons. The minimum absolute atomic E-state index is 0.00792. The van der Waals surface area contributed by atoms with Gasteiger partial charge in [-0.15, -0.1) is 11.3 Å². The van der Waals surface area contributed by atoms with E-state index in [1.54, 1.807) is 23.8 Å². The molecular formula is C98H147F3N14O30S5. The number of esters is 2. The number of ketones is 5. The van der Waals surface area contributed by atoms with Crippen molar-refractivity contribution in [2.24, 2.45) is 70.6 Å². The molecule has 0 aliphatic heterocycles. The molecule has 2 fully saturated rings. The third-order valence-electron chi connectivity index (χ3n) is 25.8. The highest BCUT2D eigenvalue weighted by Crippen LogP contribution is 2.41. The predicted molar refractivity (Wildman–Crippen MR) is 550 cm³/mol. The summed E-state index contributed by atoms with van der Waals surface area (Å²) in [5.74, 6) is -28.3. The number of aromatic nitrogens is 1. The molecule has 0 spiro atoms. The van der Waals surface area contributed by atoms with Crippen LogP contribution in [0.4, 0.5) is 29.3 Å². The number of halogens is 3. The third-order valence-corrected chi connectivity index (χ3v) is 31.2. The van der Waals surface area contributed by atoms with E-state index in [0.29, 0.717) is 50.5 Å². The number of nitrogens with one attached hydrogen (secondary N) is 11. The minimum Gasteiger partial charge on any atom is -0.508 e. The standard InChI is InChI=1S/C98H147F3N14O30S5/c1-9-19-83(130)144-53-69(90(131)87(56(5)10-2)112-94(134)67-24-17-16-20-57(67)6)68(55(3)4)51-77(145-59(8)116)96-111-72(54-146-96)95(135)109-65(45-60-25-27-66(117)28-26-60)44-58(7)92(132)113-114-98(136)143-40-42-148-147-41-35-106-93(133)63(50-81(126)127)48-75(120)70(102)29-30-73(118)62(49-80(124)125)47-74(119)61(21-18-33-107-97(103)104)46-76(121)71(52-82(128)129)110-79(123)31-36-141-38-39-142-37-34-105-78(122)32-43-150(139,140)91-85(100)84(99)88(115-149(137)138)86(101)89(91)108-64-22-14-12-11-13-15-23-64/h25-28,54-58,61-65,67-71,77,87,108,115,117H,9-24,29-53,102H2,1-8H3,(H,105,122)(H,106,133)(H,109,135)(H,110,123)(H,112,134)(H,113,132)(H,114,136)(H,124,125)(H,126,127)(H,128,129)(H,137,138)(H4,103,104,107)/t56-,57?,58-,61+,62-,63-,65+,67?,68+,69?,70-,71-,77+,87-/m0/s1. The number of sulfone groups is 1. The number of hydrogen-bond donors (Lipinski definition) is 18. The summed E-state index contributed by atoms with van der Waals surface area (Å²) in [5.41, 5.74) is 14.4. The fourth-order valence-electron chi connectivity index (χ4n) is 17.4. The molecule has 52 heteroatoms.